The van der Waals surface area contributed by atoms with Gasteiger partial charge in [0.2, 0.25) is 5.91 Å². The number of aliphatic carboxylic acids is 1. The van der Waals surface area contributed by atoms with Crippen LogP contribution in [0.3, 0.4) is 0 Å². The fourth-order valence-corrected chi connectivity index (χ4v) is 2.92. The Labute approximate surface area is 132 Å². The number of carboxylic acids is 1. The van der Waals surface area contributed by atoms with Crippen molar-refractivity contribution in [2.45, 2.75) is 31.7 Å². The summed E-state index contributed by atoms with van der Waals surface area (Å²) in [6, 6.07) is 6.86. The number of benzene rings is 1. The van der Waals surface area contributed by atoms with Crippen LogP contribution in [0.25, 0.3) is 0 Å². The summed E-state index contributed by atoms with van der Waals surface area (Å²) in [4.78, 5) is 23.1. The van der Waals surface area contributed by atoms with Crippen molar-refractivity contribution in [2.24, 2.45) is 5.92 Å². The Hall–Kier alpha value is -1.62. The molecule has 21 heavy (non-hydrogen) atoms. The summed E-state index contributed by atoms with van der Waals surface area (Å²) in [7, 11) is 0. The van der Waals surface area contributed by atoms with Crippen LogP contribution in [0.1, 0.15) is 37.3 Å². The van der Waals surface area contributed by atoms with Gasteiger partial charge in [-0.15, -0.1) is 0 Å². The number of hydrogen-bond acceptors (Lipinski definition) is 2. The second kappa shape index (κ2) is 7.41. The predicted octanol–water partition coefficient (Wildman–Crippen LogP) is 3.44. The van der Waals surface area contributed by atoms with Crippen LogP contribution in [0, 0.1) is 5.92 Å². The first-order valence-corrected chi connectivity index (χ1v) is 7.77. The largest absolute Gasteiger partial charge is 0.481 e. The first-order valence-electron chi connectivity index (χ1n) is 6.98. The number of rotatable bonds is 6. The van der Waals surface area contributed by atoms with Crippen LogP contribution < -0.4 is 5.32 Å². The minimum atomic E-state index is -0.930. The molecule has 1 aliphatic carbocycles. The molecule has 0 spiro atoms. The second-order valence-corrected chi connectivity index (χ2v) is 6.16. The third-order valence-corrected chi connectivity index (χ3v) is 4.02. The maximum atomic E-state index is 12.1. The lowest BCUT2D eigenvalue weighted by Gasteiger charge is -2.19. The molecular formula is C16H18BrNO3. The van der Waals surface area contributed by atoms with Crippen molar-refractivity contribution >= 4 is 27.8 Å². The maximum Gasteiger partial charge on any atom is 0.305 e. The molecule has 112 valence electrons. The molecule has 2 N–H and O–H groups in total. The van der Waals surface area contributed by atoms with E-state index in [2.05, 4.69) is 33.4 Å². The highest BCUT2D eigenvalue weighted by Gasteiger charge is 2.20. The second-order valence-electron chi connectivity index (χ2n) is 5.24. The Bertz CT molecular complexity index is 556. The van der Waals surface area contributed by atoms with E-state index in [0.29, 0.717) is 6.42 Å². The molecule has 0 fully saturated rings. The topological polar surface area (TPSA) is 66.4 Å². The van der Waals surface area contributed by atoms with Crippen molar-refractivity contribution in [3.05, 3.63) is 46.5 Å². The molecule has 2 atom stereocenters. The number of carbonyl (C=O) groups excluding carboxylic acids is 1. The molecule has 0 aromatic heterocycles. The van der Waals surface area contributed by atoms with Crippen LogP contribution in [-0.2, 0) is 9.59 Å². The average Bonchev–Trinajstić information content (AvgIpc) is 2.90. The minimum absolute atomic E-state index is 0.0993. The van der Waals surface area contributed by atoms with E-state index < -0.39 is 12.0 Å². The predicted molar refractivity (Wildman–Crippen MR) is 83.8 cm³/mol. The van der Waals surface area contributed by atoms with Crippen molar-refractivity contribution < 1.29 is 14.7 Å². The SMILES string of the molecule is O=C(O)CC(NC(=O)CC1C=CCC1)c1cccc(Br)c1. The zero-order valence-corrected chi connectivity index (χ0v) is 13.2. The summed E-state index contributed by atoms with van der Waals surface area (Å²) in [5.74, 6) is -0.753. The van der Waals surface area contributed by atoms with Gasteiger partial charge in [-0.1, -0.05) is 40.2 Å². The van der Waals surface area contributed by atoms with Gasteiger partial charge >= 0.3 is 5.97 Å². The lowest BCUT2D eigenvalue weighted by molar-refractivity contribution is -0.137. The van der Waals surface area contributed by atoms with Crippen molar-refractivity contribution in [3.63, 3.8) is 0 Å². The lowest BCUT2D eigenvalue weighted by atomic mass is 10.0. The normalized spacial score (nSPS) is 18.4. The summed E-state index contributed by atoms with van der Waals surface area (Å²) in [5, 5.41) is 11.9. The molecule has 4 nitrogen and oxygen atoms in total. The van der Waals surface area contributed by atoms with Gasteiger partial charge in [-0.3, -0.25) is 9.59 Å². The van der Waals surface area contributed by atoms with E-state index in [1.54, 1.807) is 0 Å². The van der Waals surface area contributed by atoms with E-state index in [0.717, 1.165) is 22.9 Å². The molecule has 1 aromatic rings. The first-order chi connectivity index (χ1) is 10.0. The van der Waals surface area contributed by atoms with Crippen molar-refractivity contribution in [2.75, 3.05) is 0 Å². The number of halogens is 1. The van der Waals surface area contributed by atoms with E-state index in [-0.39, 0.29) is 18.2 Å². The quantitative estimate of drug-likeness (QED) is 0.771. The fraction of sp³-hybridized carbons (Fsp3) is 0.375. The Morgan fingerprint density at radius 3 is 2.86 bits per heavy atom. The Morgan fingerprint density at radius 1 is 1.43 bits per heavy atom. The van der Waals surface area contributed by atoms with Gasteiger partial charge in [-0.25, -0.2) is 0 Å². The summed E-state index contributed by atoms with van der Waals surface area (Å²) >= 11 is 3.36. The molecule has 1 aliphatic rings. The zero-order chi connectivity index (χ0) is 15.2. The fourth-order valence-electron chi connectivity index (χ4n) is 2.51. The van der Waals surface area contributed by atoms with Crippen molar-refractivity contribution in [3.8, 4) is 0 Å². The van der Waals surface area contributed by atoms with Gasteiger partial charge in [0.05, 0.1) is 12.5 Å². The van der Waals surface area contributed by atoms with Gasteiger partial charge in [-0.05, 0) is 36.5 Å². The summed E-state index contributed by atoms with van der Waals surface area (Å²) in [5.41, 5.74) is 0.794. The zero-order valence-electron chi connectivity index (χ0n) is 11.6. The van der Waals surface area contributed by atoms with E-state index in [4.69, 9.17) is 5.11 Å². The summed E-state index contributed by atoms with van der Waals surface area (Å²) < 4.78 is 0.864. The number of amides is 1. The highest BCUT2D eigenvalue weighted by molar-refractivity contribution is 9.10. The third kappa shape index (κ3) is 5.01. The highest BCUT2D eigenvalue weighted by atomic mass is 79.9. The molecule has 1 amide bonds. The molecule has 2 rings (SSSR count). The Kier molecular flexibility index (Phi) is 5.56. The molecule has 0 bridgehead atoms. The van der Waals surface area contributed by atoms with Gasteiger partial charge in [0.1, 0.15) is 0 Å². The van der Waals surface area contributed by atoms with Crippen molar-refractivity contribution in [1.82, 2.24) is 5.32 Å². The molecule has 0 heterocycles. The van der Waals surface area contributed by atoms with Gasteiger partial charge in [0.15, 0.2) is 0 Å². The smallest absolute Gasteiger partial charge is 0.305 e. The molecule has 2 unspecified atom stereocenters. The molecule has 0 radical (unpaired) electrons. The van der Waals surface area contributed by atoms with E-state index in [1.165, 1.54) is 0 Å². The van der Waals surface area contributed by atoms with E-state index in [1.807, 2.05) is 24.3 Å². The Morgan fingerprint density at radius 2 is 2.24 bits per heavy atom. The Balaban J connectivity index is 2.03. The number of carboxylic acid groups (broad SMARTS) is 1. The number of allylic oxidation sites excluding steroid dienone is 2. The van der Waals surface area contributed by atoms with Crippen LogP contribution in [0.15, 0.2) is 40.9 Å². The van der Waals surface area contributed by atoms with Crippen LogP contribution >= 0.6 is 15.9 Å². The highest BCUT2D eigenvalue weighted by Crippen LogP contribution is 2.23. The number of hydrogen-bond donors (Lipinski definition) is 2. The van der Waals surface area contributed by atoms with E-state index in [9.17, 15) is 9.59 Å². The first kappa shape index (κ1) is 15.8. The average molecular weight is 352 g/mol. The van der Waals surface area contributed by atoms with Gasteiger partial charge in [0, 0.05) is 10.9 Å². The third-order valence-electron chi connectivity index (χ3n) is 3.52. The lowest BCUT2D eigenvalue weighted by Crippen LogP contribution is -2.31. The van der Waals surface area contributed by atoms with E-state index >= 15 is 0 Å². The van der Waals surface area contributed by atoms with Crippen LogP contribution in [-0.4, -0.2) is 17.0 Å². The van der Waals surface area contributed by atoms with Crippen LogP contribution in [0.4, 0.5) is 0 Å². The van der Waals surface area contributed by atoms with Crippen LogP contribution in [0.5, 0.6) is 0 Å². The maximum absolute atomic E-state index is 12.1. The number of nitrogens with one attached hydrogen (secondary N) is 1. The molecule has 0 aliphatic heterocycles. The van der Waals surface area contributed by atoms with Gasteiger partial charge in [-0.2, -0.15) is 0 Å². The van der Waals surface area contributed by atoms with Crippen LogP contribution in [0.2, 0.25) is 0 Å². The minimum Gasteiger partial charge on any atom is -0.481 e. The van der Waals surface area contributed by atoms with Gasteiger partial charge in [0.25, 0.3) is 0 Å². The van der Waals surface area contributed by atoms with Gasteiger partial charge < -0.3 is 10.4 Å². The summed E-state index contributed by atoms with van der Waals surface area (Å²) in [6.45, 7) is 0. The molecule has 5 heteroatoms. The molecule has 1 aromatic carbocycles. The molecular weight excluding hydrogens is 334 g/mol. The summed E-state index contributed by atoms with van der Waals surface area (Å²) in [6.07, 6.45) is 6.45. The monoisotopic (exact) mass is 351 g/mol. The molecule has 0 saturated carbocycles. The standard InChI is InChI=1S/C16H18BrNO3/c17-13-7-3-6-12(9-13)14(10-16(20)21)18-15(19)8-11-4-1-2-5-11/h1,3-4,6-7,9,11,14H,2,5,8,10H2,(H,18,19)(H,20,21). The number of carbonyl (C=O) groups is 2. The molecule has 0 saturated heterocycles. The van der Waals surface area contributed by atoms with Crippen molar-refractivity contribution in [1.29, 1.82) is 0 Å².